The maximum Gasteiger partial charge on any atom is 0.418 e. The number of piperidine rings is 1. The molecule has 0 N–H and O–H groups in total. The van der Waals surface area contributed by atoms with Crippen LogP contribution in [0.5, 0.6) is 0 Å². The van der Waals surface area contributed by atoms with Crippen LogP contribution in [0, 0.1) is 0 Å². The number of para-hydroxylation sites is 1. The van der Waals surface area contributed by atoms with Gasteiger partial charge in [-0.15, -0.1) is 10.2 Å². The quantitative estimate of drug-likeness (QED) is 0.494. The van der Waals surface area contributed by atoms with E-state index < -0.39 is 11.7 Å². The van der Waals surface area contributed by atoms with Crippen LogP contribution < -0.4 is 0 Å². The van der Waals surface area contributed by atoms with Gasteiger partial charge in [0.15, 0.2) is 11.0 Å². The number of thioether (sulfide) groups is 1. The van der Waals surface area contributed by atoms with E-state index in [9.17, 15) is 18.0 Å². The Balaban J connectivity index is 1.95. The van der Waals surface area contributed by atoms with Gasteiger partial charge in [-0.1, -0.05) is 30.3 Å². The molecule has 0 atom stereocenters. The van der Waals surface area contributed by atoms with Gasteiger partial charge in [0.1, 0.15) is 0 Å². The molecule has 0 unspecified atom stereocenters. The van der Waals surface area contributed by atoms with Crippen molar-refractivity contribution in [3.05, 3.63) is 35.7 Å². The summed E-state index contributed by atoms with van der Waals surface area (Å²) >= 11 is 1.13. The van der Waals surface area contributed by atoms with Gasteiger partial charge in [0, 0.05) is 12.1 Å². The molecule has 1 aliphatic heterocycles. The molecule has 3 rings (SSSR count). The smallest absolute Gasteiger partial charge is 0.337 e. The van der Waals surface area contributed by atoms with E-state index in [1.165, 1.54) is 16.7 Å². The monoisotopic (exact) mass is 483 g/mol. The summed E-state index contributed by atoms with van der Waals surface area (Å²) in [5.41, 5.74) is -0.759. The summed E-state index contributed by atoms with van der Waals surface area (Å²) in [7, 11) is 0. The summed E-state index contributed by atoms with van der Waals surface area (Å²) in [5, 5.41) is 8.77. The Morgan fingerprint density at radius 3 is 2.30 bits per heavy atom. The number of hydrogen-bond donors (Lipinski definition) is 0. The van der Waals surface area contributed by atoms with E-state index in [1.54, 1.807) is 11.0 Å². The number of halogens is 3. The highest BCUT2D eigenvalue weighted by atomic mass is 32.2. The topological polar surface area (TPSA) is 54.3 Å². The molecule has 2 heterocycles. The first-order chi connectivity index (χ1) is 15.6. The number of hydrogen-bond acceptors (Lipinski definition) is 5. The molecule has 6 nitrogen and oxygen atoms in total. The van der Waals surface area contributed by atoms with Crippen LogP contribution in [0.3, 0.4) is 0 Å². The molecule has 0 saturated carbocycles. The molecule has 182 valence electrons. The third-order valence-electron chi connectivity index (χ3n) is 5.69. The molecule has 0 radical (unpaired) electrons. The zero-order valence-corrected chi connectivity index (χ0v) is 20.4. The SMILES string of the molecule is CC(C)N(C(=O)CSc1nnc(CN2CCCCC2)n1-c1ccccc1C(F)(F)F)C(C)C. The zero-order chi connectivity index (χ0) is 24.2. The van der Waals surface area contributed by atoms with Crippen molar-refractivity contribution >= 4 is 17.7 Å². The Bertz CT molecular complexity index is 930. The fraction of sp³-hybridized carbons (Fsp3) is 0.609. The van der Waals surface area contributed by atoms with E-state index in [1.807, 2.05) is 27.7 Å². The third-order valence-corrected chi connectivity index (χ3v) is 6.60. The Kier molecular flexibility index (Phi) is 8.44. The molecule has 2 aromatic rings. The van der Waals surface area contributed by atoms with Crippen LogP contribution in [0.4, 0.5) is 13.2 Å². The lowest BCUT2D eigenvalue weighted by atomic mass is 10.1. The zero-order valence-electron chi connectivity index (χ0n) is 19.6. The van der Waals surface area contributed by atoms with E-state index in [0.717, 1.165) is 50.2 Å². The van der Waals surface area contributed by atoms with E-state index in [4.69, 9.17) is 0 Å². The third kappa shape index (κ3) is 6.29. The molecular weight excluding hydrogens is 451 g/mol. The molecule has 1 aromatic carbocycles. The molecule has 1 saturated heterocycles. The summed E-state index contributed by atoms with van der Waals surface area (Å²) in [4.78, 5) is 16.8. The Morgan fingerprint density at radius 1 is 1.06 bits per heavy atom. The predicted molar refractivity (Wildman–Crippen MR) is 123 cm³/mol. The van der Waals surface area contributed by atoms with Crippen LogP contribution in [-0.4, -0.2) is 61.4 Å². The van der Waals surface area contributed by atoms with Crippen molar-refractivity contribution in [2.75, 3.05) is 18.8 Å². The van der Waals surface area contributed by atoms with Crippen molar-refractivity contribution in [1.82, 2.24) is 24.6 Å². The summed E-state index contributed by atoms with van der Waals surface area (Å²) in [6.45, 7) is 9.96. The first-order valence-corrected chi connectivity index (χ1v) is 12.4. The van der Waals surface area contributed by atoms with Crippen LogP contribution >= 0.6 is 11.8 Å². The van der Waals surface area contributed by atoms with Gasteiger partial charge in [-0.25, -0.2) is 0 Å². The molecule has 0 bridgehead atoms. The molecule has 1 aromatic heterocycles. The second kappa shape index (κ2) is 10.9. The number of carbonyl (C=O) groups excluding carboxylic acids is 1. The van der Waals surface area contributed by atoms with Crippen molar-refractivity contribution in [2.45, 2.75) is 76.9 Å². The van der Waals surface area contributed by atoms with E-state index >= 15 is 0 Å². The lowest BCUT2D eigenvalue weighted by Crippen LogP contribution is -2.43. The van der Waals surface area contributed by atoms with E-state index in [2.05, 4.69) is 15.1 Å². The molecule has 1 fully saturated rings. The fourth-order valence-electron chi connectivity index (χ4n) is 4.34. The van der Waals surface area contributed by atoms with Gasteiger partial charge in [-0.2, -0.15) is 13.2 Å². The average molecular weight is 484 g/mol. The van der Waals surface area contributed by atoms with Crippen LogP contribution in [0.25, 0.3) is 5.69 Å². The minimum Gasteiger partial charge on any atom is -0.337 e. The Morgan fingerprint density at radius 2 is 1.70 bits per heavy atom. The van der Waals surface area contributed by atoms with E-state index in [0.29, 0.717) is 17.5 Å². The largest absolute Gasteiger partial charge is 0.418 e. The van der Waals surface area contributed by atoms with Gasteiger partial charge in [0.25, 0.3) is 0 Å². The fourth-order valence-corrected chi connectivity index (χ4v) is 5.17. The minimum absolute atomic E-state index is 0.0125. The molecule has 33 heavy (non-hydrogen) atoms. The van der Waals surface area contributed by atoms with Gasteiger partial charge in [-0.3, -0.25) is 14.3 Å². The number of aromatic nitrogens is 3. The van der Waals surface area contributed by atoms with Crippen LogP contribution in [0.2, 0.25) is 0 Å². The van der Waals surface area contributed by atoms with Gasteiger partial charge < -0.3 is 4.90 Å². The maximum absolute atomic E-state index is 13.8. The lowest BCUT2D eigenvalue weighted by molar-refractivity contribution is -0.137. The average Bonchev–Trinajstić information content (AvgIpc) is 3.14. The molecule has 0 spiro atoms. The summed E-state index contributed by atoms with van der Waals surface area (Å²) in [6.07, 6.45) is -1.24. The number of rotatable bonds is 8. The number of alkyl halides is 3. The summed E-state index contributed by atoms with van der Waals surface area (Å²) < 4.78 is 43.0. The maximum atomic E-state index is 13.8. The van der Waals surface area contributed by atoms with Crippen LogP contribution in [-0.2, 0) is 17.5 Å². The van der Waals surface area contributed by atoms with Crippen molar-refractivity contribution in [1.29, 1.82) is 0 Å². The molecule has 1 aliphatic rings. The Labute approximate surface area is 197 Å². The Hall–Kier alpha value is -2.07. The van der Waals surface area contributed by atoms with Crippen LogP contribution in [0.15, 0.2) is 29.4 Å². The highest BCUT2D eigenvalue weighted by molar-refractivity contribution is 7.99. The van der Waals surface area contributed by atoms with Crippen molar-refractivity contribution < 1.29 is 18.0 Å². The molecule has 1 amide bonds. The second-order valence-electron chi connectivity index (χ2n) is 8.86. The minimum atomic E-state index is -4.52. The van der Waals surface area contributed by atoms with E-state index in [-0.39, 0.29) is 29.4 Å². The van der Waals surface area contributed by atoms with Crippen molar-refractivity contribution in [3.8, 4) is 5.69 Å². The first-order valence-electron chi connectivity index (χ1n) is 11.4. The molecule has 10 heteroatoms. The highest BCUT2D eigenvalue weighted by Crippen LogP contribution is 2.36. The summed E-state index contributed by atoms with van der Waals surface area (Å²) in [5.74, 6) is 0.446. The van der Waals surface area contributed by atoms with Crippen molar-refractivity contribution in [2.24, 2.45) is 0 Å². The standard InChI is InChI=1S/C23H32F3N5OS/c1-16(2)30(17(3)4)21(32)15-33-22-28-27-20(14-29-12-8-5-9-13-29)31(22)19-11-7-6-10-18(19)23(24,25)26/h6-7,10-11,16-17H,5,8-9,12-15H2,1-4H3. The summed E-state index contributed by atoms with van der Waals surface area (Å²) in [6, 6.07) is 5.51. The van der Waals surface area contributed by atoms with Gasteiger partial charge in [-0.05, 0) is 65.8 Å². The number of benzene rings is 1. The number of likely N-dealkylation sites (tertiary alicyclic amines) is 1. The van der Waals surface area contributed by atoms with Crippen LogP contribution in [0.1, 0.15) is 58.3 Å². The molecular formula is C23H32F3N5OS. The van der Waals surface area contributed by atoms with Gasteiger partial charge in [0.05, 0.1) is 23.5 Å². The normalized spacial score (nSPS) is 15.4. The second-order valence-corrected chi connectivity index (χ2v) is 9.81. The van der Waals surface area contributed by atoms with Gasteiger partial charge >= 0.3 is 6.18 Å². The lowest BCUT2D eigenvalue weighted by Gasteiger charge is -2.30. The highest BCUT2D eigenvalue weighted by Gasteiger charge is 2.35. The van der Waals surface area contributed by atoms with Crippen molar-refractivity contribution in [3.63, 3.8) is 0 Å². The first kappa shape index (κ1) is 25.6. The van der Waals surface area contributed by atoms with Gasteiger partial charge in [0.2, 0.25) is 5.91 Å². The number of nitrogens with zero attached hydrogens (tertiary/aromatic N) is 5. The number of amides is 1. The number of carbonyl (C=O) groups is 1. The molecule has 0 aliphatic carbocycles. The predicted octanol–water partition coefficient (Wildman–Crippen LogP) is 5.01.